The molecule has 0 aromatic carbocycles. The lowest BCUT2D eigenvalue weighted by molar-refractivity contribution is -0.137. The van der Waals surface area contributed by atoms with Crippen molar-refractivity contribution >= 4 is 44.6 Å². The van der Waals surface area contributed by atoms with E-state index in [4.69, 9.17) is 0 Å². The molecule has 3 aromatic heterocycles. The number of amides is 1. The van der Waals surface area contributed by atoms with Crippen molar-refractivity contribution in [3.63, 3.8) is 0 Å². The minimum Gasteiger partial charge on any atom is -0.354 e. The number of carbonyl (C=O) groups excluding carboxylic acids is 1. The molecule has 0 unspecified atom stereocenters. The van der Waals surface area contributed by atoms with Crippen LogP contribution in [-0.4, -0.2) is 40.4 Å². The number of hydrogen-bond acceptors (Lipinski definition) is 6. The fourth-order valence-electron chi connectivity index (χ4n) is 3.68. The highest BCUT2D eigenvalue weighted by molar-refractivity contribution is 7.18. The van der Waals surface area contributed by atoms with Crippen LogP contribution in [0.15, 0.2) is 23.2 Å². The van der Waals surface area contributed by atoms with Crippen LogP contribution in [0.2, 0.25) is 0 Å². The van der Waals surface area contributed by atoms with E-state index in [-0.39, 0.29) is 5.92 Å². The maximum atomic E-state index is 12.8. The quantitative estimate of drug-likeness (QED) is 0.696. The second-order valence-electron chi connectivity index (χ2n) is 6.77. The molecule has 0 N–H and O–H groups in total. The van der Waals surface area contributed by atoms with Gasteiger partial charge in [0.2, 0.25) is 5.91 Å². The molecule has 5 nitrogen and oxygen atoms in total. The van der Waals surface area contributed by atoms with Gasteiger partial charge in [0.1, 0.15) is 12.1 Å². The van der Waals surface area contributed by atoms with Crippen LogP contribution in [0, 0.1) is 12.8 Å². The molecule has 0 spiro atoms. The van der Waals surface area contributed by atoms with E-state index in [0.717, 1.165) is 48.6 Å². The van der Waals surface area contributed by atoms with Crippen LogP contribution in [0.3, 0.4) is 0 Å². The van der Waals surface area contributed by atoms with Gasteiger partial charge in [-0.05, 0) is 41.3 Å². The number of aromatic nitrogens is 2. The average Bonchev–Trinajstić information content (AvgIpc) is 3.20. The van der Waals surface area contributed by atoms with Gasteiger partial charge >= 0.3 is 0 Å². The van der Waals surface area contributed by atoms with E-state index in [0.29, 0.717) is 5.91 Å². The molecule has 7 heteroatoms. The van der Waals surface area contributed by atoms with Crippen LogP contribution in [0.25, 0.3) is 10.2 Å². The van der Waals surface area contributed by atoms with E-state index in [1.165, 1.54) is 16.0 Å². The lowest BCUT2D eigenvalue weighted by Gasteiger charge is -2.42. The summed E-state index contributed by atoms with van der Waals surface area (Å²) in [6.07, 6.45) is 2.63. The lowest BCUT2D eigenvalue weighted by atomic mass is 9.97. The largest absolute Gasteiger partial charge is 0.354 e. The van der Waals surface area contributed by atoms with Gasteiger partial charge in [0.25, 0.3) is 0 Å². The zero-order valence-corrected chi connectivity index (χ0v) is 15.6. The van der Waals surface area contributed by atoms with Gasteiger partial charge in [0, 0.05) is 31.1 Å². The van der Waals surface area contributed by atoms with E-state index in [9.17, 15) is 4.79 Å². The number of thiophene rings is 2. The van der Waals surface area contributed by atoms with Crippen molar-refractivity contribution in [1.29, 1.82) is 0 Å². The Labute approximate surface area is 153 Å². The first-order chi connectivity index (χ1) is 12.2. The standard InChI is InChI=1S/C18H18N4OS2/c1-11-9-25-16-15(11)19-10-20-17(16)22-7-13(8-22)18(23)21-4-2-14-12(6-21)3-5-24-14/h3,5,9-10,13H,2,4,6-8H2,1H3. The molecule has 1 fully saturated rings. The molecule has 0 radical (unpaired) electrons. The Hall–Kier alpha value is -1.99. The molecule has 5 heterocycles. The van der Waals surface area contributed by atoms with Crippen LogP contribution >= 0.6 is 22.7 Å². The second kappa shape index (κ2) is 5.78. The summed E-state index contributed by atoms with van der Waals surface area (Å²) in [5.41, 5.74) is 3.55. The van der Waals surface area contributed by atoms with Crippen molar-refractivity contribution in [2.45, 2.75) is 19.9 Å². The van der Waals surface area contributed by atoms with Crippen LogP contribution in [0.5, 0.6) is 0 Å². The lowest BCUT2D eigenvalue weighted by Crippen LogP contribution is -2.55. The summed E-state index contributed by atoms with van der Waals surface area (Å²) < 4.78 is 1.13. The Bertz CT molecular complexity index is 957. The third-order valence-electron chi connectivity index (χ3n) is 5.16. The normalized spacial score (nSPS) is 17.6. The van der Waals surface area contributed by atoms with Crippen molar-refractivity contribution in [2.75, 3.05) is 24.5 Å². The monoisotopic (exact) mass is 370 g/mol. The highest BCUT2D eigenvalue weighted by Crippen LogP contribution is 2.35. The minimum absolute atomic E-state index is 0.0891. The van der Waals surface area contributed by atoms with Crippen LogP contribution < -0.4 is 4.90 Å². The minimum atomic E-state index is 0.0891. The third kappa shape index (κ3) is 2.45. The molecule has 0 bridgehead atoms. The van der Waals surface area contributed by atoms with Gasteiger partial charge in [-0.25, -0.2) is 9.97 Å². The molecule has 2 aliphatic rings. The number of anilines is 1. The first-order valence-electron chi connectivity index (χ1n) is 8.48. The number of rotatable bonds is 2. The molecule has 0 saturated carbocycles. The summed E-state index contributed by atoms with van der Waals surface area (Å²) >= 11 is 3.50. The Morgan fingerprint density at radius 3 is 3.04 bits per heavy atom. The van der Waals surface area contributed by atoms with Crippen LogP contribution in [0.1, 0.15) is 16.0 Å². The molecule has 1 saturated heterocycles. The smallest absolute Gasteiger partial charge is 0.229 e. The Balaban J connectivity index is 1.29. The zero-order chi connectivity index (χ0) is 17.0. The van der Waals surface area contributed by atoms with Crippen molar-refractivity contribution in [2.24, 2.45) is 5.92 Å². The second-order valence-corrected chi connectivity index (χ2v) is 8.65. The number of nitrogens with zero attached hydrogens (tertiary/aromatic N) is 4. The van der Waals surface area contributed by atoms with E-state index < -0.39 is 0 Å². The van der Waals surface area contributed by atoms with Gasteiger partial charge in [0.15, 0.2) is 0 Å². The predicted octanol–water partition coefficient (Wildman–Crippen LogP) is 3.08. The van der Waals surface area contributed by atoms with Gasteiger partial charge in [-0.2, -0.15) is 0 Å². The maximum Gasteiger partial charge on any atom is 0.229 e. The molecular formula is C18H18N4OS2. The maximum absolute atomic E-state index is 12.8. The number of fused-ring (bicyclic) bond motifs is 2. The molecule has 3 aromatic rings. The van der Waals surface area contributed by atoms with E-state index >= 15 is 0 Å². The highest BCUT2D eigenvalue weighted by atomic mass is 32.1. The molecule has 2 aliphatic heterocycles. The third-order valence-corrected chi connectivity index (χ3v) is 7.27. The van der Waals surface area contributed by atoms with Gasteiger partial charge in [-0.15, -0.1) is 22.7 Å². The molecule has 5 rings (SSSR count). The van der Waals surface area contributed by atoms with Gasteiger partial charge in [-0.3, -0.25) is 4.79 Å². The van der Waals surface area contributed by atoms with Crippen LogP contribution in [-0.2, 0) is 17.8 Å². The van der Waals surface area contributed by atoms with Crippen molar-refractivity contribution in [3.8, 4) is 0 Å². The Morgan fingerprint density at radius 1 is 1.28 bits per heavy atom. The summed E-state index contributed by atoms with van der Waals surface area (Å²) in [7, 11) is 0. The first kappa shape index (κ1) is 15.3. The summed E-state index contributed by atoms with van der Waals surface area (Å²) in [6, 6.07) is 2.16. The number of hydrogen-bond donors (Lipinski definition) is 0. The molecule has 128 valence electrons. The number of carbonyl (C=O) groups is 1. The van der Waals surface area contributed by atoms with Gasteiger partial charge in [0.05, 0.1) is 16.1 Å². The predicted molar refractivity (Wildman–Crippen MR) is 101 cm³/mol. The summed E-state index contributed by atoms with van der Waals surface area (Å²) in [4.78, 5) is 27.4. The summed E-state index contributed by atoms with van der Waals surface area (Å²) in [5, 5.41) is 4.25. The Kier molecular flexibility index (Phi) is 3.53. The molecule has 0 aliphatic carbocycles. The van der Waals surface area contributed by atoms with Crippen molar-refractivity contribution in [1.82, 2.24) is 14.9 Å². The number of aryl methyl sites for hydroxylation is 1. The fourth-order valence-corrected chi connectivity index (χ4v) is 5.59. The molecule has 25 heavy (non-hydrogen) atoms. The zero-order valence-electron chi connectivity index (χ0n) is 13.9. The SMILES string of the molecule is Cc1csc2c(N3CC(C(=O)N4CCc5sccc5C4)C3)ncnc12. The van der Waals surface area contributed by atoms with Gasteiger partial charge < -0.3 is 9.80 Å². The van der Waals surface area contributed by atoms with Gasteiger partial charge in [-0.1, -0.05) is 0 Å². The van der Waals surface area contributed by atoms with E-state index in [1.54, 1.807) is 17.7 Å². The van der Waals surface area contributed by atoms with Crippen molar-refractivity contribution < 1.29 is 4.79 Å². The van der Waals surface area contributed by atoms with Crippen LogP contribution in [0.4, 0.5) is 5.82 Å². The fraction of sp³-hybridized carbons (Fsp3) is 0.389. The summed E-state index contributed by atoms with van der Waals surface area (Å²) in [6.45, 7) is 5.22. The van der Waals surface area contributed by atoms with E-state index in [1.807, 2.05) is 16.2 Å². The summed E-state index contributed by atoms with van der Waals surface area (Å²) in [5.74, 6) is 1.36. The average molecular weight is 371 g/mol. The first-order valence-corrected chi connectivity index (χ1v) is 10.2. The van der Waals surface area contributed by atoms with Crippen molar-refractivity contribution in [3.05, 3.63) is 39.2 Å². The Morgan fingerprint density at radius 2 is 2.16 bits per heavy atom. The molecular weight excluding hydrogens is 352 g/mol. The molecule has 0 atom stereocenters. The topological polar surface area (TPSA) is 49.3 Å². The van der Waals surface area contributed by atoms with E-state index in [2.05, 4.69) is 38.6 Å². The molecule has 1 amide bonds. The highest BCUT2D eigenvalue weighted by Gasteiger charge is 2.37.